The number of amides is 1. The lowest BCUT2D eigenvalue weighted by Gasteiger charge is -2.36. The standard InChI is InChI=1S/C26H26N4O2/c1-19-16-21(20(2)30(19)24-8-10-25(31)11-9-24)17-22(18-27)26(32)29-14-12-28(13-15-29)23-6-4-3-5-7-23/h3-11,16-17,31H,12-15H2,1-2H3/b22-17-. The van der Waals surface area contributed by atoms with Gasteiger partial charge in [0, 0.05) is 48.9 Å². The van der Waals surface area contributed by atoms with Gasteiger partial charge < -0.3 is 19.5 Å². The number of rotatable bonds is 4. The molecule has 0 atom stereocenters. The fourth-order valence-corrected chi connectivity index (χ4v) is 4.21. The third-order valence-corrected chi connectivity index (χ3v) is 5.92. The highest BCUT2D eigenvalue weighted by Crippen LogP contribution is 2.25. The molecule has 0 unspecified atom stereocenters. The van der Waals surface area contributed by atoms with Crippen LogP contribution in [0.5, 0.6) is 5.75 Å². The minimum atomic E-state index is -0.227. The Labute approximate surface area is 188 Å². The van der Waals surface area contributed by atoms with Crippen molar-refractivity contribution in [1.29, 1.82) is 5.26 Å². The van der Waals surface area contributed by atoms with Crippen LogP contribution in [0.4, 0.5) is 5.69 Å². The molecular weight excluding hydrogens is 400 g/mol. The maximum atomic E-state index is 13.1. The first-order valence-electron chi connectivity index (χ1n) is 10.7. The number of aryl methyl sites for hydroxylation is 1. The molecule has 0 aliphatic carbocycles. The molecule has 1 saturated heterocycles. The SMILES string of the molecule is Cc1cc(/C=C(/C#N)C(=O)N2CCN(c3ccccc3)CC2)c(C)n1-c1ccc(O)cc1. The van der Waals surface area contributed by atoms with Crippen molar-refractivity contribution in [3.05, 3.63) is 83.2 Å². The number of para-hydroxylation sites is 1. The van der Waals surface area contributed by atoms with Gasteiger partial charge in [-0.25, -0.2) is 0 Å². The van der Waals surface area contributed by atoms with Crippen molar-refractivity contribution in [1.82, 2.24) is 9.47 Å². The van der Waals surface area contributed by atoms with Crippen LogP contribution < -0.4 is 4.90 Å². The van der Waals surface area contributed by atoms with Gasteiger partial charge in [0.1, 0.15) is 17.4 Å². The Morgan fingerprint density at radius 1 is 0.969 bits per heavy atom. The Kier molecular flexibility index (Phi) is 6.00. The van der Waals surface area contributed by atoms with Crippen LogP contribution in [0.2, 0.25) is 0 Å². The van der Waals surface area contributed by atoms with Gasteiger partial charge in [-0.05, 0) is 68.0 Å². The third kappa shape index (κ3) is 4.23. The quantitative estimate of drug-likeness (QED) is 0.505. The smallest absolute Gasteiger partial charge is 0.264 e. The zero-order valence-electron chi connectivity index (χ0n) is 18.3. The first-order valence-corrected chi connectivity index (χ1v) is 10.7. The molecule has 162 valence electrons. The summed E-state index contributed by atoms with van der Waals surface area (Å²) in [4.78, 5) is 17.1. The van der Waals surface area contributed by atoms with Crippen LogP contribution >= 0.6 is 0 Å². The summed E-state index contributed by atoms with van der Waals surface area (Å²) in [6.07, 6.45) is 1.69. The minimum absolute atomic E-state index is 0.143. The van der Waals surface area contributed by atoms with Crippen molar-refractivity contribution in [3.8, 4) is 17.5 Å². The van der Waals surface area contributed by atoms with E-state index in [1.807, 2.05) is 54.8 Å². The van der Waals surface area contributed by atoms with Gasteiger partial charge in [-0.1, -0.05) is 18.2 Å². The Bertz CT molecular complexity index is 1180. The van der Waals surface area contributed by atoms with Crippen LogP contribution in [0, 0.1) is 25.2 Å². The van der Waals surface area contributed by atoms with Crippen molar-refractivity contribution in [3.63, 3.8) is 0 Å². The second-order valence-corrected chi connectivity index (χ2v) is 7.96. The summed E-state index contributed by atoms with van der Waals surface area (Å²) in [5.41, 5.74) is 4.97. The molecule has 1 N–H and O–H groups in total. The number of carbonyl (C=O) groups is 1. The first kappa shape index (κ1) is 21.3. The maximum Gasteiger partial charge on any atom is 0.264 e. The average molecular weight is 427 g/mol. The number of nitrogens with zero attached hydrogens (tertiary/aromatic N) is 4. The molecule has 0 saturated carbocycles. The summed E-state index contributed by atoms with van der Waals surface area (Å²) < 4.78 is 2.05. The van der Waals surface area contributed by atoms with Crippen molar-refractivity contribution >= 4 is 17.7 Å². The van der Waals surface area contributed by atoms with E-state index in [1.54, 1.807) is 23.1 Å². The number of hydrogen-bond acceptors (Lipinski definition) is 4. The van der Waals surface area contributed by atoms with Crippen molar-refractivity contribution in [2.24, 2.45) is 0 Å². The van der Waals surface area contributed by atoms with Crippen LogP contribution in [0.15, 0.2) is 66.2 Å². The minimum Gasteiger partial charge on any atom is -0.508 e. The van der Waals surface area contributed by atoms with Gasteiger partial charge in [0.05, 0.1) is 0 Å². The third-order valence-electron chi connectivity index (χ3n) is 5.92. The Morgan fingerprint density at radius 2 is 1.62 bits per heavy atom. The predicted molar refractivity (Wildman–Crippen MR) is 126 cm³/mol. The number of aromatic hydroxyl groups is 1. The molecular formula is C26H26N4O2. The van der Waals surface area contributed by atoms with E-state index in [2.05, 4.69) is 23.1 Å². The summed E-state index contributed by atoms with van der Waals surface area (Å²) in [5.74, 6) is -0.0179. The topological polar surface area (TPSA) is 72.5 Å². The summed E-state index contributed by atoms with van der Waals surface area (Å²) in [6, 6.07) is 21.2. The number of anilines is 1. The van der Waals surface area contributed by atoms with E-state index >= 15 is 0 Å². The predicted octanol–water partition coefficient (Wildman–Crippen LogP) is 4.06. The number of benzene rings is 2. The summed E-state index contributed by atoms with van der Waals surface area (Å²) >= 11 is 0. The number of aromatic nitrogens is 1. The van der Waals surface area contributed by atoms with Crippen LogP contribution in [-0.2, 0) is 4.79 Å². The fraction of sp³-hybridized carbons (Fsp3) is 0.231. The van der Waals surface area contributed by atoms with Gasteiger partial charge in [0.15, 0.2) is 0 Å². The molecule has 3 aromatic rings. The lowest BCUT2D eigenvalue weighted by atomic mass is 10.1. The van der Waals surface area contributed by atoms with E-state index in [1.165, 1.54) is 0 Å². The van der Waals surface area contributed by atoms with Gasteiger partial charge >= 0.3 is 0 Å². The lowest BCUT2D eigenvalue weighted by Crippen LogP contribution is -2.49. The molecule has 6 nitrogen and oxygen atoms in total. The van der Waals surface area contributed by atoms with Gasteiger partial charge in [0.25, 0.3) is 5.91 Å². The molecule has 0 bridgehead atoms. The molecule has 2 aromatic carbocycles. The molecule has 0 radical (unpaired) electrons. The van der Waals surface area contributed by atoms with Crippen molar-refractivity contribution in [2.45, 2.75) is 13.8 Å². The van der Waals surface area contributed by atoms with Gasteiger partial charge in [-0.3, -0.25) is 4.79 Å². The number of piperazine rings is 1. The molecule has 1 aliphatic rings. The van der Waals surface area contributed by atoms with E-state index in [4.69, 9.17) is 0 Å². The van der Waals surface area contributed by atoms with Gasteiger partial charge in [-0.2, -0.15) is 5.26 Å². The molecule has 1 amide bonds. The van der Waals surface area contributed by atoms with E-state index < -0.39 is 0 Å². The number of phenols is 1. The van der Waals surface area contributed by atoms with Gasteiger partial charge in [0.2, 0.25) is 0 Å². The van der Waals surface area contributed by atoms with Crippen LogP contribution in [0.3, 0.4) is 0 Å². The Hall–Kier alpha value is -3.98. The highest BCUT2D eigenvalue weighted by molar-refractivity contribution is 6.02. The van der Waals surface area contributed by atoms with Crippen molar-refractivity contribution in [2.75, 3.05) is 31.1 Å². The number of phenolic OH excluding ortho intramolecular Hbond substituents is 1. The Morgan fingerprint density at radius 3 is 2.25 bits per heavy atom. The van der Waals surface area contributed by atoms with Gasteiger partial charge in [-0.15, -0.1) is 0 Å². The molecule has 1 fully saturated rings. The average Bonchev–Trinajstić information content (AvgIpc) is 3.11. The molecule has 2 heterocycles. The highest BCUT2D eigenvalue weighted by atomic mass is 16.3. The second-order valence-electron chi connectivity index (χ2n) is 7.96. The molecule has 32 heavy (non-hydrogen) atoms. The van der Waals surface area contributed by atoms with E-state index in [0.717, 1.165) is 41.4 Å². The zero-order valence-corrected chi connectivity index (χ0v) is 18.3. The second kappa shape index (κ2) is 9.03. The first-order chi connectivity index (χ1) is 15.5. The lowest BCUT2D eigenvalue weighted by molar-refractivity contribution is -0.126. The zero-order chi connectivity index (χ0) is 22.7. The summed E-state index contributed by atoms with van der Waals surface area (Å²) in [7, 11) is 0. The molecule has 4 rings (SSSR count). The number of carbonyl (C=O) groups excluding carboxylic acids is 1. The molecule has 6 heteroatoms. The van der Waals surface area contributed by atoms with Crippen LogP contribution in [0.25, 0.3) is 11.8 Å². The molecule has 0 spiro atoms. The highest BCUT2D eigenvalue weighted by Gasteiger charge is 2.24. The summed E-state index contributed by atoms with van der Waals surface area (Å²) in [5, 5.41) is 19.3. The molecule has 1 aromatic heterocycles. The maximum absolute atomic E-state index is 13.1. The number of nitriles is 1. The monoisotopic (exact) mass is 426 g/mol. The van der Waals surface area contributed by atoms with E-state index in [9.17, 15) is 15.2 Å². The normalized spacial score (nSPS) is 14.3. The van der Waals surface area contributed by atoms with Crippen molar-refractivity contribution < 1.29 is 9.90 Å². The largest absolute Gasteiger partial charge is 0.508 e. The van der Waals surface area contributed by atoms with E-state index in [-0.39, 0.29) is 17.2 Å². The fourth-order valence-electron chi connectivity index (χ4n) is 4.21. The van der Waals surface area contributed by atoms with E-state index in [0.29, 0.717) is 13.1 Å². The molecule has 1 aliphatic heterocycles. The summed E-state index contributed by atoms with van der Waals surface area (Å²) in [6.45, 7) is 6.59. The number of hydrogen-bond donors (Lipinski definition) is 1. The Balaban J connectivity index is 1.52. The van der Waals surface area contributed by atoms with Crippen LogP contribution in [-0.4, -0.2) is 46.7 Å². The van der Waals surface area contributed by atoms with Crippen LogP contribution in [0.1, 0.15) is 17.0 Å².